The van der Waals surface area contributed by atoms with E-state index in [4.69, 9.17) is 14.2 Å². The average Bonchev–Trinajstić information content (AvgIpc) is 3.30. The molecule has 0 saturated carbocycles. The van der Waals surface area contributed by atoms with Crippen molar-refractivity contribution >= 4 is 62.2 Å². The number of nitrogens with zero attached hydrogens (tertiary/aromatic N) is 1. The number of fused-ring (bicyclic) bond motifs is 1. The SMILES string of the molecule is CCOC(=O)c1c(NC(=O)C(=O)N/N=C/c2ccc(OC(=O)c3cccc(Br)c3)c(OC)c2)sc2c1CCC(C)C2. The molecule has 0 bridgehead atoms. The van der Waals surface area contributed by atoms with Crippen molar-refractivity contribution in [3.63, 3.8) is 0 Å². The highest BCUT2D eigenvalue weighted by atomic mass is 79.9. The van der Waals surface area contributed by atoms with Gasteiger partial charge in [0, 0.05) is 9.35 Å². The first-order valence-corrected chi connectivity index (χ1v) is 14.4. The zero-order chi connectivity index (χ0) is 29.5. The number of esters is 2. The van der Waals surface area contributed by atoms with Gasteiger partial charge in [0.05, 0.1) is 31.1 Å². The maximum Gasteiger partial charge on any atom is 0.343 e. The Morgan fingerprint density at radius 1 is 1.10 bits per heavy atom. The molecule has 1 aromatic heterocycles. The highest BCUT2D eigenvalue weighted by Crippen LogP contribution is 2.40. The lowest BCUT2D eigenvalue weighted by Gasteiger charge is -2.18. The van der Waals surface area contributed by atoms with Crippen LogP contribution in [0.2, 0.25) is 0 Å². The van der Waals surface area contributed by atoms with Crippen LogP contribution >= 0.6 is 27.3 Å². The minimum atomic E-state index is -1.01. The minimum Gasteiger partial charge on any atom is -0.493 e. The summed E-state index contributed by atoms with van der Waals surface area (Å²) >= 11 is 4.61. The molecule has 4 rings (SSSR count). The van der Waals surface area contributed by atoms with Gasteiger partial charge < -0.3 is 19.5 Å². The Morgan fingerprint density at radius 2 is 1.90 bits per heavy atom. The number of amides is 2. The molecular weight excluding hydrogens is 614 g/mol. The van der Waals surface area contributed by atoms with E-state index in [1.807, 2.05) is 0 Å². The van der Waals surface area contributed by atoms with Crippen molar-refractivity contribution in [2.24, 2.45) is 11.0 Å². The Kier molecular flexibility index (Phi) is 9.90. The molecule has 2 aromatic carbocycles. The Balaban J connectivity index is 1.40. The normalized spacial score (nSPS) is 14.2. The third-order valence-corrected chi connectivity index (χ3v) is 7.92. The van der Waals surface area contributed by atoms with E-state index >= 15 is 0 Å². The number of thiophene rings is 1. The number of hydrazone groups is 1. The summed E-state index contributed by atoms with van der Waals surface area (Å²) in [5.41, 5.74) is 4.24. The van der Waals surface area contributed by atoms with E-state index < -0.39 is 23.8 Å². The molecule has 0 aliphatic heterocycles. The summed E-state index contributed by atoms with van der Waals surface area (Å²) in [5, 5.41) is 6.70. The lowest BCUT2D eigenvalue weighted by Crippen LogP contribution is -2.32. The number of nitrogens with one attached hydrogen (secondary N) is 2. The van der Waals surface area contributed by atoms with Crippen LogP contribution in [-0.4, -0.2) is 43.7 Å². The van der Waals surface area contributed by atoms with Crippen LogP contribution in [0.4, 0.5) is 5.00 Å². The monoisotopic (exact) mass is 641 g/mol. The van der Waals surface area contributed by atoms with Crippen molar-refractivity contribution in [2.45, 2.75) is 33.1 Å². The van der Waals surface area contributed by atoms with Crippen LogP contribution in [0.1, 0.15) is 57.0 Å². The Hall–Kier alpha value is -4.03. The maximum atomic E-state index is 12.7. The lowest BCUT2D eigenvalue weighted by molar-refractivity contribution is -0.136. The first kappa shape index (κ1) is 29.9. The largest absolute Gasteiger partial charge is 0.493 e. The molecule has 1 aliphatic rings. The quantitative estimate of drug-likeness (QED) is 0.115. The highest BCUT2D eigenvalue weighted by Gasteiger charge is 2.30. The second-order valence-electron chi connectivity index (χ2n) is 9.24. The van der Waals surface area contributed by atoms with Crippen molar-refractivity contribution < 1.29 is 33.4 Å². The number of hydrogen-bond acceptors (Lipinski definition) is 9. The number of halogens is 1. The van der Waals surface area contributed by atoms with E-state index in [1.54, 1.807) is 43.3 Å². The van der Waals surface area contributed by atoms with E-state index in [9.17, 15) is 19.2 Å². The molecule has 0 saturated heterocycles. The maximum absolute atomic E-state index is 12.7. The van der Waals surface area contributed by atoms with E-state index in [2.05, 4.69) is 38.7 Å². The molecule has 2 amide bonds. The number of methoxy groups -OCH3 is 1. The van der Waals surface area contributed by atoms with Gasteiger partial charge >= 0.3 is 23.8 Å². The molecule has 2 N–H and O–H groups in total. The van der Waals surface area contributed by atoms with Crippen LogP contribution in [0.25, 0.3) is 0 Å². The van der Waals surface area contributed by atoms with Gasteiger partial charge in [-0.15, -0.1) is 11.3 Å². The zero-order valence-electron chi connectivity index (χ0n) is 22.6. The second-order valence-corrected chi connectivity index (χ2v) is 11.3. The summed E-state index contributed by atoms with van der Waals surface area (Å²) < 4.78 is 16.7. The molecule has 1 unspecified atom stereocenters. The van der Waals surface area contributed by atoms with Crippen LogP contribution < -0.4 is 20.2 Å². The smallest absolute Gasteiger partial charge is 0.343 e. The molecule has 41 heavy (non-hydrogen) atoms. The number of rotatable bonds is 8. The van der Waals surface area contributed by atoms with Gasteiger partial charge in [-0.05, 0) is 79.6 Å². The average molecular weight is 643 g/mol. The third-order valence-electron chi connectivity index (χ3n) is 6.25. The third kappa shape index (κ3) is 7.39. The first-order chi connectivity index (χ1) is 19.7. The molecule has 1 heterocycles. The van der Waals surface area contributed by atoms with Crippen molar-refractivity contribution in [3.05, 3.63) is 74.1 Å². The molecule has 12 heteroatoms. The standard InChI is InChI=1S/C29H28BrN3O7S/c1-4-39-29(37)24-20-10-8-16(2)12-23(20)41-27(24)32-25(34)26(35)33-31-15-17-9-11-21(22(13-17)38-3)40-28(36)18-6-5-7-19(30)14-18/h5-7,9,11,13-16H,4,8,10,12H2,1-3H3,(H,32,34)(H,33,35)/b31-15+. The predicted octanol–water partition coefficient (Wildman–Crippen LogP) is 5.13. The number of carbonyl (C=O) groups excluding carboxylic acids is 4. The van der Waals surface area contributed by atoms with Gasteiger partial charge in [0.25, 0.3) is 0 Å². The number of ether oxygens (including phenoxy) is 3. The van der Waals surface area contributed by atoms with Crippen LogP contribution in [0, 0.1) is 5.92 Å². The fourth-order valence-electron chi connectivity index (χ4n) is 4.26. The van der Waals surface area contributed by atoms with Crippen LogP contribution in [-0.2, 0) is 27.2 Å². The number of benzene rings is 2. The number of anilines is 1. The molecule has 1 atom stereocenters. The fraction of sp³-hybridized carbons (Fsp3) is 0.276. The number of carbonyl (C=O) groups is 4. The van der Waals surface area contributed by atoms with Gasteiger partial charge in [0.1, 0.15) is 5.00 Å². The van der Waals surface area contributed by atoms with Crippen LogP contribution in [0.3, 0.4) is 0 Å². The van der Waals surface area contributed by atoms with E-state index in [1.165, 1.54) is 30.7 Å². The lowest BCUT2D eigenvalue weighted by atomic mass is 9.88. The van der Waals surface area contributed by atoms with E-state index in [0.29, 0.717) is 34.0 Å². The minimum absolute atomic E-state index is 0.196. The highest BCUT2D eigenvalue weighted by molar-refractivity contribution is 9.10. The Bertz CT molecular complexity index is 1520. The molecule has 3 aromatic rings. The van der Waals surface area contributed by atoms with Gasteiger partial charge in [0.2, 0.25) is 0 Å². The van der Waals surface area contributed by atoms with E-state index in [0.717, 1.165) is 27.8 Å². The van der Waals surface area contributed by atoms with Gasteiger partial charge in [-0.25, -0.2) is 15.0 Å². The Morgan fingerprint density at radius 3 is 2.63 bits per heavy atom. The fourth-order valence-corrected chi connectivity index (χ4v) is 6.05. The summed E-state index contributed by atoms with van der Waals surface area (Å²) in [6, 6.07) is 11.5. The summed E-state index contributed by atoms with van der Waals surface area (Å²) in [6.45, 7) is 4.04. The van der Waals surface area contributed by atoms with Crippen LogP contribution in [0.15, 0.2) is 52.0 Å². The molecule has 10 nitrogen and oxygen atoms in total. The molecule has 214 valence electrons. The second kappa shape index (κ2) is 13.6. The van der Waals surface area contributed by atoms with Crippen molar-refractivity contribution in [3.8, 4) is 11.5 Å². The summed E-state index contributed by atoms with van der Waals surface area (Å²) in [7, 11) is 1.42. The molecular formula is C29H28BrN3O7S. The topological polar surface area (TPSA) is 132 Å². The van der Waals surface area contributed by atoms with Gasteiger partial charge in [-0.3, -0.25) is 9.59 Å². The molecule has 1 aliphatic carbocycles. The van der Waals surface area contributed by atoms with Crippen LogP contribution in [0.5, 0.6) is 11.5 Å². The van der Waals surface area contributed by atoms with Crippen molar-refractivity contribution in [1.29, 1.82) is 0 Å². The summed E-state index contributed by atoms with van der Waals surface area (Å²) in [4.78, 5) is 51.3. The van der Waals surface area contributed by atoms with Gasteiger partial charge in [-0.2, -0.15) is 5.10 Å². The molecule has 0 radical (unpaired) electrons. The van der Waals surface area contributed by atoms with Crippen molar-refractivity contribution in [1.82, 2.24) is 5.43 Å². The first-order valence-electron chi connectivity index (χ1n) is 12.8. The predicted molar refractivity (Wildman–Crippen MR) is 158 cm³/mol. The Labute approximate surface area is 249 Å². The molecule has 0 spiro atoms. The zero-order valence-corrected chi connectivity index (χ0v) is 25.0. The van der Waals surface area contributed by atoms with Crippen molar-refractivity contribution in [2.75, 3.05) is 19.0 Å². The summed E-state index contributed by atoms with van der Waals surface area (Å²) in [6.07, 6.45) is 3.74. The number of hydrogen-bond donors (Lipinski definition) is 2. The van der Waals surface area contributed by atoms with Gasteiger partial charge in [-0.1, -0.05) is 28.9 Å². The molecule has 0 fully saturated rings. The summed E-state index contributed by atoms with van der Waals surface area (Å²) in [5.74, 6) is -2.13. The van der Waals surface area contributed by atoms with E-state index in [-0.39, 0.29) is 18.1 Å². The van der Waals surface area contributed by atoms with Gasteiger partial charge in [0.15, 0.2) is 11.5 Å².